The van der Waals surface area contributed by atoms with Crippen LogP contribution in [0.1, 0.15) is 13.8 Å². The fraction of sp³-hybridized carbons (Fsp3) is 0.533. The molecular formula is C15H19NO5. The number of carbonyl (C=O) groups is 1. The van der Waals surface area contributed by atoms with Gasteiger partial charge in [-0.3, -0.25) is 4.79 Å². The molecule has 1 saturated heterocycles. The van der Waals surface area contributed by atoms with Crippen molar-refractivity contribution in [3.63, 3.8) is 0 Å². The van der Waals surface area contributed by atoms with Crippen LogP contribution in [0.4, 0.5) is 0 Å². The Labute approximate surface area is 123 Å². The van der Waals surface area contributed by atoms with Crippen LogP contribution < -0.4 is 14.2 Å². The van der Waals surface area contributed by atoms with Crippen molar-refractivity contribution in [2.24, 2.45) is 0 Å². The fourth-order valence-electron chi connectivity index (χ4n) is 2.37. The van der Waals surface area contributed by atoms with E-state index in [0.717, 1.165) is 0 Å². The Hall–Kier alpha value is -1.95. The Morgan fingerprint density at radius 1 is 1.29 bits per heavy atom. The van der Waals surface area contributed by atoms with E-state index < -0.39 is 5.79 Å². The number of fused-ring (bicyclic) bond motifs is 1. The van der Waals surface area contributed by atoms with Gasteiger partial charge in [0.2, 0.25) is 11.5 Å². The second-order valence-corrected chi connectivity index (χ2v) is 5.47. The summed E-state index contributed by atoms with van der Waals surface area (Å²) in [5.74, 6) is 0.957. The number of carbonyl (C=O) groups excluding carboxylic acids is 1. The number of rotatable bonds is 3. The Balaban J connectivity index is 1.64. The largest absolute Gasteiger partial charge is 0.480 e. The van der Waals surface area contributed by atoms with Crippen LogP contribution >= 0.6 is 0 Å². The molecule has 2 aliphatic heterocycles. The zero-order valence-corrected chi connectivity index (χ0v) is 12.3. The van der Waals surface area contributed by atoms with Gasteiger partial charge in [0.1, 0.15) is 0 Å². The summed E-state index contributed by atoms with van der Waals surface area (Å²) in [6.07, 6.45) is 0. The zero-order valence-electron chi connectivity index (χ0n) is 12.3. The van der Waals surface area contributed by atoms with Crippen molar-refractivity contribution in [1.29, 1.82) is 0 Å². The van der Waals surface area contributed by atoms with Gasteiger partial charge in [0, 0.05) is 26.9 Å². The average Bonchev–Trinajstić information content (AvgIpc) is 2.80. The van der Waals surface area contributed by atoms with Crippen molar-refractivity contribution in [3.8, 4) is 17.2 Å². The number of benzene rings is 1. The first-order valence-electron chi connectivity index (χ1n) is 7.04. The predicted molar refractivity (Wildman–Crippen MR) is 74.7 cm³/mol. The second kappa shape index (κ2) is 5.44. The van der Waals surface area contributed by atoms with E-state index >= 15 is 0 Å². The van der Waals surface area contributed by atoms with Crippen LogP contribution in [-0.4, -0.2) is 49.5 Å². The van der Waals surface area contributed by atoms with E-state index in [9.17, 15) is 4.79 Å². The highest BCUT2D eigenvalue weighted by atomic mass is 16.7. The molecule has 2 heterocycles. The smallest absolute Gasteiger partial charge is 0.260 e. The number of para-hydroxylation sites is 1. The minimum atomic E-state index is -0.712. The topological polar surface area (TPSA) is 57.2 Å². The Morgan fingerprint density at radius 2 is 2.05 bits per heavy atom. The van der Waals surface area contributed by atoms with Gasteiger partial charge >= 0.3 is 0 Å². The Bertz CT molecular complexity index is 537. The molecule has 2 aliphatic rings. The summed E-state index contributed by atoms with van der Waals surface area (Å²) in [5, 5.41) is 0. The Kier molecular flexibility index (Phi) is 3.63. The monoisotopic (exact) mass is 293 g/mol. The zero-order chi connectivity index (χ0) is 14.9. The van der Waals surface area contributed by atoms with E-state index in [2.05, 4.69) is 0 Å². The number of hydrogen-bond donors (Lipinski definition) is 0. The minimum Gasteiger partial charge on any atom is -0.480 e. The molecule has 21 heavy (non-hydrogen) atoms. The maximum Gasteiger partial charge on any atom is 0.260 e. The highest BCUT2D eigenvalue weighted by Gasteiger charge is 2.34. The van der Waals surface area contributed by atoms with Gasteiger partial charge in [0.25, 0.3) is 5.91 Å². The molecule has 0 unspecified atom stereocenters. The van der Waals surface area contributed by atoms with Crippen molar-refractivity contribution in [2.75, 3.05) is 32.9 Å². The summed E-state index contributed by atoms with van der Waals surface area (Å²) in [6.45, 7) is 6.03. The van der Waals surface area contributed by atoms with Gasteiger partial charge in [-0.15, -0.1) is 0 Å². The molecule has 6 heteroatoms. The first-order chi connectivity index (χ1) is 10.1. The number of nitrogens with zero attached hydrogens (tertiary/aromatic N) is 1. The van der Waals surface area contributed by atoms with Crippen molar-refractivity contribution in [3.05, 3.63) is 18.2 Å². The molecule has 0 spiro atoms. The molecule has 0 atom stereocenters. The lowest BCUT2D eigenvalue weighted by molar-refractivity contribution is -0.137. The molecule has 0 aromatic heterocycles. The lowest BCUT2D eigenvalue weighted by Gasteiger charge is -2.26. The van der Waals surface area contributed by atoms with Gasteiger partial charge in [-0.25, -0.2) is 0 Å². The molecule has 1 aromatic rings. The first-order valence-corrected chi connectivity index (χ1v) is 7.04. The van der Waals surface area contributed by atoms with Crippen LogP contribution in [0.25, 0.3) is 0 Å². The van der Waals surface area contributed by atoms with Crippen molar-refractivity contribution in [1.82, 2.24) is 4.90 Å². The molecule has 1 aromatic carbocycles. The van der Waals surface area contributed by atoms with Gasteiger partial charge in [-0.1, -0.05) is 6.07 Å². The maximum atomic E-state index is 12.1. The van der Waals surface area contributed by atoms with Crippen molar-refractivity contribution < 1.29 is 23.7 Å². The van der Waals surface area contributed by atoms with Gasteiger partial charge < -0.3 is 23.8 Å². The number of hydrogen-bond acceptors (Lipinski definition) is 5. The van der Waals surface area contributed by atoms with Crippen molar-refractivity contribution in [2.45, 2.75) is 19.6 Å². The molecule has 0 N–H and O–H groups in total. The quantitative estimate of drug-likeness (QED) is 0.844. The van der Waals surface area contributed by atoms with Crippen LogP contribution in [0.5, 0.6) is 17.2 Å². The van der Waals surface area contributed by atoms with Crippen LogP contribution in [0.3, 0.4) is 0 Å². The summed E-state index contributed by atoms with van der Waals surface area (Å²) >= 11 is 0. The van der Waals surface area contributed by atoms with Gasteiger partial charge in [-0.2, -0.15) is 0 Å². The first kappa shape index (κ1) is 14.0. The standard InChI is InChI=1S/C15H19NO5/c1-15(2)20-12-5-3-4-11(14(12)21-15)19-10-13(17)16-6-8-18-9-7-16/h3-5H,6-10H2,1-2H3. The number of ether oxygens (including phenoxy) is 4. The van der Waals surface area contributed by atoms with E-state index in [1.165, 1.54) is 0 Å². The van der Waals surface area contributed by atoms with Crippen LogP contribution in [0, 0.1) is 0 Å². The van der Waals surface area contributed by atoms with E-state index in [1.54, 1.807) is 11.0 Å². The summed E-state index contributed by atoms with van der Waals surface area (Å²) in [7, 11) is 0. The third-order valence-corrected chi connectivity index (χ3v) is 3.36. The molecule has 1 amide bonds. The third-order valence-electron chi connectivity index (χ3n) is 3.36. The fourth-order valence-corrected chi connectivity index (χ4v) is 2.37. The molecule has 0 bridgehead atoms. The van der Waals surface area contributed by atoms with Gasteiger partial charge in [-0.05, 0) is 12.1 Å². The van der Waals surface area contributed by atoms with E-state index in [4.69, 9.17) is 18.9 Å². The lowest BCUT2D eigenvalue weighted by atomic mass is 10.3. The highest BCUT2D eigenvalue weighted by molar-refractivity contribution is 5.78. The number of amides is 1. The summed E-state index contributed by atoms with van der Waals surface area (Å²) in [4.78, 5) is 13.8. The molecule has 0 saturated carbocycles. The molecule has 0 radical (unpaired) electrons. The Morgan fingerprint density at radius 3 is 2.81 bits per heavy atom. The van der Waals surface area contributed by atoms with Crippen LogP contribution in [0.2, 0.25) is 0 Å². The maximum absolute atomic E-state index is 12.1. The normalized spacial score (nSPS) is 19.4. The molecule has 1 fully saturated rings. The van der Waals surface area contributed by atoms with E-state index in [1.807, 2.05) is 26.0 Å². The van der Waals surface area contributed by atoms with Crippen LogP contribution in [-0.2, 0) is 9.53 Å². The average molecular weight is 293 g/mol. The van der Waals surface area contributed by atoms with Gasteiger partial charge in [0.15, 0.2) is 18.1 Å². The molecule has 6 nitrogen and oxygen atoms in total. The van der Waals surface area contributed by atoms with Crippen molar-refractivity contribution >= 4 is 5.91 Å². The SMILES string of the molecule is CC1(C)Oc2cccc(OCC(=O)N3CCOCC3)c2O1. The second-order valence-electron chi connectivity index (χ2n) is 5.47. The number of morpholine rings is 1. The van der Waals surface area contributed by atoms with Crippen LogP contribution in [0.15, 0.2) is 18.2 Å². The minimum absolute atomic E-state index is 0.0136. The summed E-state index contributed by atoms with van der Waals surface area (Å²) < 4.78 is 22.2. The summed E-state index contributed by atoms with van der Waals surface area (Å²) in [6, 6.07) is 5.41. The third kappa shape index (κ3) is 3.05. The van der Waals surface area contributed by atoms with Gasteiger partial charge in [0.05, 0.1) is 13.2 Å². The predicted octanol–water partition coefficient (Wildman–Crippen LogP) is 1.43. The molecule has 3 rings (SSSR count). The highest BCUT2D eigenvalue weighted by Crippen LogP contribution is 2.45. The van der Waals surface area contributed by atoms with E-state index in [0.29, 0.717) is 43.6 Å². The molecule has 114 valence electrons. The van der Waals surface area contributed by atoms with E-state index in [-0.39, 0.29) is 12.5 Å². The molecule has 0 aliphatic carbocycles. The summed E-state index contributed by atoms with van der Waals surface area (Å²) in [5.41, 5.74) is 0. The molecular weight excluding hydrogens is 274 g/mol. The lowest BCUT2D eigenvalue weighted by Crippen LogP contribution is -2.43.